The van der Waals surface area contributed by atoms with Crippen LogP contribution < -0.4 is 9.47 Å². The quantitative estimate of drug-likeness (QED) is 0.387. The van der Waals surface area contributed by atoms with E-state index in [2.05, 4.69) is 9.97 Å². The SMILES string of the molecule is O=C1C(=O)N(Cc2cccnc2)[C@@H](c2ccncc2)/C1=C(\O)c1ccc2c(c1)OCCO2. The lowest BCUT2D eigenvalue weighted by atomic mass is 9.95. The summed E-state index contributed by atoms with van der Waals surface area (Å²) in [6.45, 7) is 1.01. The van der Waals surface area contributed by atoms with Crippen LogP contribution in [0.2, 0.25) is 0 Å². The van der Waals surface area contributed by atoms with E-state index in [-0.39, 0.29) is 17.9 Å². The van der Waals surface area contributed by atoms with Crippen LogP contribution in [0.4, 0.5) is 0 Å². The van der Waals surface area contributed by atoms with Crippen molar-refractivity contribution in [2.75, 3.05) is 13.2 Å². The highest BCUT2D eigenvalue weighted by atomic mass is 16.6. The number of aliphatic hydroxyl groups excluding tert-OH is 1. The van der Waals surface area contributed by atoms with Gasteiger partial charge in [0.1, 0.15) is 19.0 Å². The normalized spacial score (nSPS) is 19.2. The average molecular weight is 429 g/mol. The molecule has 1 fully saturated rings. The van der Waals surface area contributed by atoms with E-state index in [9.17, 15) is 14.7 Å². The van der Waals surface area contributed by atoms with E-state index >= 15 is 0 Å². The fourth-order valence-corrected chi connectivity index (χ4v) is 3.97. The van der Waals surface area contributed by atoms with Gasteiger partial charge in [-0.25, -0.2) is 0 Å². The number of hydrogen-bond acceptors (Lipinski definition) is 7. The second-order valence-corrected chi connectivity index (χ2v) is 7.43. The van der Waals surface area contributed by atoms with Gasteiger partial charge in [0.05, 0.1) is 11.6 Å². The minimum Gasteiger partial charge on any atom is -0.507 e. The zero-order chi connectivity index (χ0) is 22.1. The maximum absolute atomic E-state index is 13.1. The lowest BCUT2D eigenvalue weighted by Gasteiger charge is -2.25. The summed E-state index contributed by atoms with van der Waals surface area (Å²) in [6, 6.07) is 11.2. The van der Waals surface area contributed by atoms with E-state index in [4.69, 9.17) is 9.47 Å². The van der Waals surface area contributed by atoms with Gasteiger partial charge in [0.15, 0.2) is 11.5 Å². The Bertz CT molecular complexity index is 1210. The Morgan fingerprint density at radius 1 is 1.00 bits per heavy atom. The lowest BCUT2D eigenvalue weighted by Crippen LogP contribution is -2.29. The van der Waals surface area contributed by atoms with Crippen molar-refractivity contribution in [3.8, 4) is 11.5 Å². The van der Waals surface area contributed by atoms with E-state index in [1.807, 2.05) is 6.07 Å². The van der Waals surface area contributed by atoms with Gasteiger partial charge in [-0.1, -0.05) is 6.07 Å². The molecule has 1 N–H and O–H groups in total. The smallest absolute Gasteiger partial charge is 0.295 e. The van der Waals surface area contributed by atoms with E-state index in [0.717, 1.165) is 5.56 Å². The Labute approximate surface area is 183 Å². The first-order chi connectivity index (χ1) is 15.6. The van der Waals surface area contributed by atoms with Crippen LogP contribution >= 0.6 is 0 Å². The number of ketones is 1. The number of hydrogen-bond donors (Lipinski definition) is 1. The maximum Gasteiger partial charge on any atom is 0.295 e. The third kappa shape index (κ3) is 3.45. The van der Waals surface area contributed by atoms with Crippen molar-refractivity contribution in [3.05, 3.63) is 89.5 Å². The Morgan fingerprint density at radius 3 is 2.53 bits per heavy atom. The molecule has 0 bridgehead atoms. The molecule has 0 spiro atoms. The van der Waals surface area contributed by atoms with Gasteiger partial charge in [-0.05, 0) is 47.5 Å². The van der Waals surface area contributed by atoms with E-state index in [1.165, 1.54) is 4.90 Å². The summed E-state index contributed by atoms with van der Waals surface area (Å²) in [5, 5.41) is 11.2. The summed E-state index contributed by atoms with van der Waals surface area (Å²) in [5.41, 5.74) is 1.82. The molecule has 2 aliphatic rings. The zero-order valence-corrected chi connectivity index (χ0v) is 17.0. The summed E-state index contributed by atoms with van der Waals surface area (Å²) >= 11 is 0. The molecule has 0 radical (unpaired) electrons. The Kier molecular flexibility index (Phi) is 5.03. The standard InChI is InChI=1S/C24H19N3O5/c28-22(17-3-4-18-19(12-17)32-11-10-31-18)20-21(16-5-8-25-9-6-16)27(24(30)23(20)29)14-15-2-1-7-26-13-15/h1-9,12-13,21,28H,10-11,14H2/b22-20+/t21-/m0/s1. The molecule has 0 unspecified atom stereocenters. The monoisotopic (exact) mass is 429 g/mol. The Balaban J connectivity index is 1.62. The summed E-state index contributed by atoms with van der Waals surface area (Å²) in [4.78, 5) is 35.7. The van der Waals surface area contributed by atoms with Gasteiger partial charge in [-0.3, -0.25) is 19.6 Å². The number of nitrogens with zero attached hydrogens (tertiary/aromatic N) is 3. The number of amides is 1. The summed E-state index contributed by atoms with van der Waals surface area (Å²) in [6.07, 6.45) is 6.46. The van der Waals surface area contributed by atoms with Crippen LogP contribution in [0.15, 0.2) is 72.8 Å². The van der Waals surface area contributed by atoms with Gasteiger partial charge in [-0.2, -0.15) is 0 Å². The van der Waals surface area contributed by atoms with Gasteiger partial charge < -0.3 is 19.5 Å². The predicted octanol–water partition coefficient (Wildman–Crippen LogP) is 2.87. The molecule has 0 aliphatic carbocycles. The summed E-state index contributed by atoms with van der Waals surface area (Å²) in [5.74, 6) is -0.658. The lowest BCUT2D eigenvalue weighted by molar-refractivity contribution is -0.140. The molecule has 4 heterocycles. The van der Waals surface area contributed by atoms with E-state index in [1.54, 1.807) is 61.2 Å². The number of carbonyl (C=O) groups excluding carboxylic acids is 2. The molecule has 1 amide bonds. The molecule has 3 aromatic rings. The molecule has 0 saturated carbocycles. The molecule has 5 rings (SSSR count). The average Bonchev–Trinajstić information content (AvgIpc) is 3.09. The molecule has 8 nitrogen and oxygen atoms in total. The number of aliphatic hydroxyl groups is 1. The van der Waals surface area contributed by atoms with Gasteiger partial charge >= 0.3 is 0 Å². The van der Waals surface area contributed by atoms with Crippen LogP contribution in [0, 0.1) is 0 Å². The number of likely N-dealkylation sites (tertiary alicyclic amines) is 1. The highest BCUT2D eigenvalue weighted by Crippen LogP contribution is 2.41. The molecule has 2 aliphatic heterocycles. The van der Waals surface area contributed by atoms with Crippen molar-refractivity contribution >= 4 is 17.4 Å². The molecule has 1 aromatic carbocycles. The van der Waals surface area contributed by atoms with Gasteiger partial charge in [0, 0.05) is 36.9 Å². The number of pyridine rings is 2. The molecular weight excluding hydrogens is 410 g/mol. The highest BCUT2D eigenvalue weighted by Gasteiger charge is 2.46. The number of Topliss-reactive ketones (excluding diaryl/α,β-unsaturated/α-hetero) is 1. The summed E-state index contributed by atoms with van der Waals surface area (Å²) in [7, 11) is 0. The molecule has 1 atom stereocenters. The fraction of sp³-hybridized carbons (Fsp3) is 0.167. The third-order valence-electron chi connectivity index (χ3n) is 5.45. The topological polar surface area (TPSA) is 102 Å². The minimum atomic E-state index is -0.772. The highest BCUT2D eigenvalue weighted by molar-refractivity contribution is 6.46. The van der Waals surface area contributed by atoms with Crippen LogP contribution in [0.3, 0.4) is 0 Å². The number of benzene rings is 1. The van der Waals surface area contributed by atoms with Crippen LogP contribution in [0.5, 0.6) is 11.5 Å². The van der Waals surface area contributed by atoms with Crippen LogP contribution in [0.25, 0.3) is 5.76 Å². The van der Waals surface area contributed by atoms with Crippen molar-refractivity contribution in [2.45, 2.75) is 12.6 Å². The first kappa shape index (κ1) is 19.7. The van der Waals surface area contributed by atoms with Crippen LogP contribution in [-0.2, 0) is 16.1 Å². The van der Waals surface area contributed by atoms with Crippen molar-refractivity contribution < 1.29 is 24.2 Å². The second-order valence-electron chi connectivity index (χ2n) is 7.43. The van der Waals surface area contributed by atoms with Crippen molar-refractivity contribution in [3.63, 3.8) is 0 Å². The van der Waals surface area contributed by atoms with E-state index < -0.39 is 17.7 Å². The largest absolute Gasteiger partial charge is 0.507 e. The van der Waals surface area contributed by atoms with Crippen molar-refractivity contribution in [1.29, 1.82) is 0 Å². The van der Waals surface area contributed by atoms with Crippen molar-refractivity contribution in [2.24, 2.45) is 0 Å². The van der Waals surface area contributed by atoms with Gasteiger partial charge in [0.2, 0.25) is 0 Å². The first-order valence-corrected chi connectivity index (χ1v) is 10.1. The van der Waals surface area contributed by atoms with Crippen LogP contribution in [-0.4, -0.2) is 44.9 Å². The molecule has 8 heteroatoms. The number of fused-ring (bicyclic) bond motifs is 1. The first-order valence-electron chi connectivity index (χ1n) is 10.1. The number of carbonyl (C=O) groups is 2. The number of rotatable bonds is 4. The van der Waals surface area contributed by atoms with Crippen LogP contribution in [0.1, 0.15) is 22.7 Å². The summed E-state index contributed by atoms with van der Waals surface area (Å²) < 4.78 is 11.1. The van der Waals surface area contributed by atoms with Gasteiger partial charge in [-0.15, -0.1) is 0 Å². The third-order valence-corrected chi connectivity index (χ3v) is 5.45. The molecule has 160 valence electrons. The molecule has 32 heavy (non-hydrogen) atoms. The Morgan fingerprint density at radius 2 is 1.78 bits per heavy atom. The number of aromatic nitrogens is 2. The minimum absolute atomic E-state index is 0.0155. The van der Waals surface area contributed by atoms with Crippen molar-refractivity contribution in [1.82, 2.24) is 14.9 Å². The predicted molar refractivity (Wildman–Crippen MR) is 114 cm³/mol. The fourth-order valence-electron chi connectivity index (χ4n) is 3.97. The van der Waals surface area contributed by atoms with Gasteiger partial charge in [0.25, 0.3) is 11.7 Å². The second kappa shape index (κ2) is 8.14. The Hall–Kier alpha value is -4.20. The molecule has 1 saturated heterocycles. The number of ether oxygens (including phenoxy) is 2. The molecular formula is C24H19N3O5. The maximum atomic E-state index is 13.1. The zero-order valence-electron chi connectivity index (χ0n) is 17.0. The molecule has 2 aromatic heterocycles. The van der Waals surface area contributed by atoms with E-state index in [0.29, 0.717) is 35.8 Å².